The number of benzene rings is 2. The Kier molecular flexibility index (Phi) is 9.09. The molecule has 0 unspecified atom stereocenters. The lowest BCUT2D eigenvalue weighted by atomic mass is 10.1. The van der Waals surface area contributed by atoms with Gasteiger partial charge in [0.05, 0.1) is 15.9 Å². The fourth-order valence-corrected chi connectivity index (χ4v) is 12.4. The molecule has 3 nitrogen and oxygen atoms in total. The van der Waals surface area contributed by atoms with Crippen LogP contribution in [0.2, 0.25) is 16.6 Å². The van der Waals surface area contributed by atoms with E-state index in [0.717, 1.165) is 5.56 Å². The van der Waals surface area contributed by atoms with E-state index in [2.05, 4.69) is 55.4 Å². The monoisotopic (exact) mass is 472 g/mol. The molecule has 0 aliphatic rings. The fourth-order valence-electron chi connectivity index (χ4n) is 4.91. The average molecular weight is 473 g/mol. The summed E-state index contributed by atoms with van der Waals surface area (Å²) < 4.78 is 35.0. The van der Waals surface area contributed by atoms with Crippen LogP contribution < -0.4 is 0 Å². The first-order valence-electron chi connectivity index (χ1n) is 11.7. The second kappa shape index (κ2) is 11.0. The van der Waals surface area contributed by atoms with Gasteiger partial charge in [-0.25, -0.2) is 8.42 Å². The van der Waals surface area contributed by atoms with E-state index in [0.29, 0.717) is 26.4 Å². The highest BCUT2D eigenvalue weighted by molar-refractivity contribution is 7.95. The molecule has 2 aromatic carbocycles. The summed E-state index contributed by atoms with van der Waals surface area (Å²) in [6.45, 7) is 17.5. The third kappa shape index (κ3) is 5.62. The van der Waals surface area contributed by atoms with Gasteiger partial charge in [-0.15, -0.1) is 0 Å². The van der Waals surface area contributed by atoms with E-state index in [4.69, 9.17) is 4.43 Å². The van der Waals surface area contributed by atoms with Crippen molar-refractivity contribution < 1.29 is 12.8 Å². The summed E-state index contributed by atoms with van der Waals surface area (Å²) >= 11 is 0. The largest absolute Gasteiger partial charge is 0.408 e. The van der Waals surface area contributed by atoms with Gasteiger partial charge < -0.3 is 4.43 Å². The van der Waals surface area contributed by atoms with Gasteiger partial charge in [-0.3, -0.25) is 0 Å². The molecular weight excluding hydrogens is 432 g/mol. The molecule has 0 bridgehead atoms. The normalized spacial score (nSPS) is 14.6. The van der Waals surface area contributed by atoms with E-state index in [1.165, 1.54) is 0 Å². The van der Waals surface area contributed by atoms with Crippen LogP contribution in [0.5, 0.6) is 0 Å². The molecule has 0 saturated carbocycles. The van der Waals surface area contributed by atoms with Crippen LogP contribution in [-0.2, 0) is 14.3 Å². The van der Waals surface area contributed by atoms with Gasteiger partial charge in [-0.2, -0.15) is 0 Å². The summed E-state index contributed by atoms with van der Waals surface area (Å²) in [7, 11) is -6.05. The Morgan fingerprint density at radius 2 is 1.19 bits per heavy atom. The molecule has 2 aromatic rings. The zero-order valence-electron chi connectivity index (χ0n) is 20.9. The predicted molar refractivity (Wildman–Crippen MR) is 139 cm³/mol. The lowest BCUT2D eigenvalue weighted by Crippen LogP contribution is -2.51. The van der Waals surface area contributed by atoms with Crippen LogP contribution in [0.4, 0.5) is 0 Å². The van der Waals surface area contributed by atoms with E-state index in [1.54, 1.807) is 24.3 Å². The van der Waals surface area contributed by atoms with Crippen molar-refractivity contribution in [1.29, 1.82) is 0 Å². The topological polar surface area (TPSA) is 43.4 Å². The molecule has 176 valence electrons. The second-order valence-corrected chi connectivity index (χ2v) is 17.2. The highest BCUT2D eigenvalue weighted by Crippen LogP contribution is 2.45. The SMILES string of the molecule is CC(C)[C@H](O[Si](C(C)C)(C(C)C)C(C)C)/C(=C\c1ccccc1)S(=O)(=O)c1ccccc1. The fraction of sp³-hybridized carbons (Fsp3) is 0.481. The van der Waals surface area contributed by atoms with Crippen molar-refractivity contribution in [3.63, 3.8) is 0 Å². The molecule has 5 heteroatoms. The highest BCUT2D eigenvalue weighted by Gasteiger charge is 2.48. The Morgan fingerprint density at radius 3 is 1.59 bits per heavy atom. The number of hydrogen-bond acceptors (Lipinski definition) is 3. The molecule has 0 amide bonds. The molecule has 0 aliphatic heterocycles. The highest BCUT2D eigenvalue weighted by atomic mass is 32.2. The summed E-state index contributed by atoms with van der Waals surface area (Å²) in [5.41, 5.74) is 1.95. The molecule has 0 aliphatic carbocycles. The van der Waals surface area contributed by atoms with Gasteiger partial charge in [-0.1, -0.05) is 104 Å². The smallest absolute Gasteiger partial charge is 0.205 e. The first-order valence-corrected chi connectivity index (χ1v) is 15.3. The minimum Gasteiger partial charge on any atom is -0.408 e. The first-order chi connectivity index (χ1) is 14.9. The van der Waals surface area contributed by atoms with Crippen molar-refractivity contribution in [1.82, 2.24) is 0 Å². The molecule has 0 saturated heterocycles. The van der Waals surface area contributed by atoms with E-state index in [1.807, 2.05) is 42.5 Å². The molecular formula is C27H40O3SSi. The van der Waals surface area contributed by atoms with Crippen molar-refractivity contribution in [3.05, 3.63) is 71.1 Å². The third-order valence-corrected chi connectivity index (χ3v) is 14.3. The number of rotatable bonds is 10. The lowest BCUT2D eigenvalue weighted by Gasteiger charge is -2.46. The molecule has 0 spiro atoms. The summed E-state index contributed by atoms with van der Waals surface area (Å²) in [4.78, 5) is 0.658. The first kappa shape index (κ1) is 26.6. The van der Waals surface area contributed by atoms with Gasteiger partial charge >= 0.3 is 0 Å². The quantitative estimate of drug-likeness (QED) is 0.332. The minimum absolute atomic E-state index is 0.00609. The molecule has 1 atom stereocenters. The molecule has 2 rings (SSSR count). The minimum atomic E-state index is -3.73. The molecule has 0 fully saturated rings. The zero-order valence-corrected chi connectivity index (χ0v) is 22.7. The van der Waals surface area contributed by atoms with Crippen LogP contribution in [0.25, 0.3) is 6.08 Å². The van der Waals surface area contributed by atoms with Gasteiger partial charge in [0.15, 0.2) is 0 Å². The Balaban J connectivity index is 2.75. The summed E-state index contributed by atoms with van der Waals surface area (Å²) in [5, 5.41) is 0. The van der Waals surface area contributed by atoms with Crippen LogP contribution in [0.1, 0.15) is 61.0 Å². The van der Waals surface area contributed by atoms with Crippen molar-refractivity contribution in [3.8, 4) is 0 Å². The molecule has 0 N–H and O–H groups in total. The van der Waals surface area contributed by atoms with Crippen LogP contribution in [0.3, 0.4) is 0 Å². The van der Waals surface area contributed by atoms with E-state index >= 15 is 0 Å². The van der Waals surface area contributed by atoms with Crippen LogP contribution >= 0.6 is 0 Å². The zero-order chi connectivity index (χ0) is 24.1. The molecule has 0 aromatic heterocycles. The molecule has 0 radical (unpaired) electrons. The van der Waals surface area contributed by atoms with Crippen LogP contribution in [0.15, 0.2) is 70.5 Å². The van der Waals surface area contributed by atoms with E-state index in [-0.39, 0.29) is 5.92 Å². The van der Waals surface area contributed by atoms with Crippen molar-refractivity contribution >= 4 is 24.2 Å². The van der Waals surface area contributed by atoms with Gasteiger partial charge in [0.25, 0.3) is 0 Å². The summed E-state index contributed by atoms with van der Waals surface area (Å²) in [6, 6.07) is 18.4. The maximum Gasteiger partial charge on any atom is 0.205 e. The lowest BCUT2D eigenvalue weighted by molar-refractivity contribution is 0.167. The predicted octanol–water partition coefficient (Wildman–Crippen LogP) is 7.72. The maximum absolute atomic E-state index is 13.9. The Hall–Kier alpha value is -1.69. The second-order valence-electron chi connectivity index (χ2n) is 9.87. The number of hydrogen-bond donors (Lipinski definition) is 0. The summed E-state index contributed by atoms with van der Waals surface area (Å²) in [6.07, 6.45) is 1.30. The summed E-state index contributed by atoms with van der Waals surface area (Å²) in [5.74, 6) is 0.00609. The molecule has 0 heterocycles. The van der Waals surface area contributed by atoms with Crippen LogP contribution in [-0.4, -0.2) is 22.8 Å². The van der Waals surface area contributed by atoms with E-state index in [9.17, 15) is 8.42 Å². The van der Waals surface area contributed by atoms with Crippen molar-refractivity contribution in [2.24, 2.45) is 5.92 Å². The number of sulfone groups is 1. The van der Waals surface area contributed by atoms with Crippen LogP contribution in [0, 0.1) is 5.92 Å². The van der Waals surface area contributed by atoms with Gasteiger partial charge in [0, 0.05) is 0 Å². The van der Waals surface area contributed by atoms with Gasteiger partial charge in [0.2, 0.25) is 18.2 Å². The standard InChI is InChI=1S/C27H40O3SSi/c1-20(2)27(30-32(21(3)4,22(5)6)23(7)8)26(19-24-15-11-9-12-16-24)31(28,29)25-17-13-10-14-18-25/h9-23,27H,1-8H3/b26-19+/t27-/m0/s1. The Labute approximate surface area is 197 Å². The third-order valence-electron chi connectivity index (χ3n) is 6.40. The Morgan fingerprint density at radius 1 is 0.750 bits per heavy atom. The molecule has 32 heavy (non-hydrogen) atoms. The average Bonchev–Trinajstić information content (AvgIpc) is 2.73. The van der Waals surface area contributed by atoms with Gasteiger partial charge in [0.1, 0.15) is 0 Å². The Bertz CT molecular complexity index is 956. The maximum atomic E-state index is 13.9. The van der Waals surface area contributed by atoms with Crippen molar-refractivity contribution in [2.75, 3.05) is 0 Å². The van der Waals surface area contributed by atoms with Gasteiger partial charge in [-0.05, 0) is 46.3 Å². The van der Waals surface area contributed by atoms with Crippen molar-refractivity contribution in [2.45, 2.75) is 83.0 Å². The van der Waals surface area contributed by atoms with E-state index < -0.39 is 24.3 Å².